The van der Waals surface area contributed by atoms with E-state index in [1.807, 2.05) is 0 Å². The highest BCUT2D eigenvalue weighted by atomic mass is 16.4. The SMILES string of the molecule is CC(=CC(=O)CC[C]=O)C(=O)O. The summed E-state index contributed by atoms with van der Waals surface area (Å²) in [6.07, 6.45) is 2.61. The predicted octanol–water partition coefficient (Wildman–Crippen LogP) is 0.476. The van der Waals surface area contributed by atoms with Crippen molar-refractivity contribution in [2.45, 2.75) is 19.8 Å². The van der Waals surface area contributed by atoms with Gasteiger partial charge in [0.2, 0.25) is 0 Å². The Balaban J connectivity index is 4.05. The molecule has 1 N–H and O–H groups in total. The normalized spacial score (nSPS) is 10.9. The molecule has 0 fully saturated rings. The van der Waals surface area contributed by atoms with Gasteiger partial charge in [0.25, 0.3) is 0 Å². The molecule has 4 heteroatoms. The van der Waals surface area contributed by atoms with Gasteiger partial charge in [0.1, 0.15) is 0 Å². The van der Waals surface area contributed by atoms with Gasteiger partial charge in [-0.3, -0.25) is 9.59 Å². The number of carboxylic acids is 1. The van der Waals surface area contributed by atoms with Crippen LogP contribution in [0.3, 0.4) is 0 Å². The van der Waals surface area contributed by atoms with Gasteiger partial charge in [0.15, 0.2) is 12.1 Å². The molecule has 0 atom stereocenters. The summed E-state index contributed by atoms with van der Waals surface area (Å²) in [4.78, 5) is 30.7. The van der Waals surface area contributed by atoms with Gasteiger partial charge >= 0.3 is 5.97 Å². The third-order valence-electron chi connectivity index (χ3n) is 1.19. The first-order valence-corrected chi connectivity index (χ1v) is 3.37. The fourth-order valence-corrected chi connectivity index (χ4v) is 0.550. The summed E-state index contributed by atoms with van der Waals surface area (Å²) in [5.41, 5.74) is -0.0223. The Bertz CT molecular complexity index is 227. The molecule has 65 valence electrons. The lowest BCUT2D eigenvalue weighted by Crippen LogP contribution is -2.01. The number of carbonyl (C=O) groups is 2. The maximum absolute atomic E-state index is 10.8. The Kier molecular flexibility index (Phi) is 4.60. The minimum Gasteiger partial charge on any atom is -0.478 e. The van der Waals surface area contributed by atoms with Gasteiger partial charge in [-0.1, -0.05) is 0 Å². The third-order valence-corrected chi connectivity index (χ3v) is 1.19. The number of hydrogen-bond donors (Lipinski definition) is 1. The zero-order valence-corrected chi connectivity index (χ0v) is 6.66. The number of ketones is 1. The second-order valence-electron chi connectivity index (χ2n) is 2.24. The average molecular weight is 169 g/mol. The van der Waals surface area contributed by atoms with Crippen LogP contribution in [0.15, 0.2) is 11.6 Å². The topological polar surface area (TPSA) is 71.4 Å². The van der Waals surface area contributed by atoms with Crippen molar-refractivity contribution in [2.24, 2.45) is 0 Å². The Morgan fingerprint density at radius 1 is 1.50 bits per heavy atom. The third kappa shape index (κ3) is 4.38. The molecule has 0 heterocycles. The lowest BCUT2D eigenvalue weighted by atomic mass is 10.1. The van der Waals surface area contributed by atoms with Gasteiger partial charge < -0.3 is 5.11 Å². The molecule has 0 aromatic carbocycles. The zero-order chi connectivity index (χ0) is 9.56. The van der Waals surface area contributed by atoms with Crippen LogP contribution >= 0.6 is 0 Å². The zero-order valence-electron chi connectivity index (χ0n) is 6.66. The lowest BCUT2D eigenvalue weighted by molar-refractivity contribution is -0.132. The fraction of sp³-hybridized carbons (Fsp3) is 0.375. The van der Waals surface area contributed by atoms with E-state index in [2.05, 4.69) is 0 Å². The molecule has 0 amide bonds. The molecule has 0 bridgehead atoms. The summed E-state index contributed by atoms with van der Waals surface area (Å²) >= 11 is 0. The molecule has 0 aliphatic heterocycles. The summed E-state index contributed by atoms with van der Waals surface area (Å²) in [6, 6.07) is 0. The second-order valence-corrected chi connectivity index (χ2v) is 2.24. The van der Waals surface area contributed by atoms with Gasteiger partial charge in [-0.15, -0.1) is 0 Å². The number of rotatable bonds is 5. The first-order valence-electron chi connectivity index (χ1n) is 3.37. The van der Waals surface area contributed by atoms with E-state index in [0.29, 0.717) is 0 Å². The van der Waals surface area contributed by atoms with Crippen LogP contribution in [-0.2, 0) is 14.4 Å². The molecule has 0 aromatic rings. The highest BCUT2D eigenvalue weighted by molar-refractivity contribution is 5.98. The second kappa shape index (κ2) is 5.23. The predicted molar refractivity (Wildman–Crippen MR) is 41.3 cm³/mol. The Morgan fingerprint density at radius 3 is 2.50 bits per heavy atom. The van der Waals surface area contributed by atoms with Crippen molar-refractivity contribution in [2.75, 3.05) is 0 Å². The van der Waals surface area contributed by atoms with Crippen LogP contribution in [0.2, 0.25) is 0 Å². The van der Waals surface area contributed by atoms with Crippen LogP contribution in [0.5, 0.6) is 0 Å². The van der Waals surface area contributed by atoms with Gasteiger partial charge in [-0.05, 0) is 13.0 Å². The average Bonchev–Trinajstić information content (AvgIpc) is 2.00. The number of hydrogen-bond acceptors (Lipinski definition) is 3. The first kappa shape index (κ1) is 10.6. The lowest BCUT2D eigenvalue weighted by Gasteiger charge is -1.91. The van der Waals surface area contributed by atoms with E-state index in [9.17, 15) is 14.4 Å². The number of allylic oxidation sites excluding steroid dienone is 1. The molecular formula is C8H9O4. The van der Waals surface area contributed by atoms with Gasteiger partial charge in [-0.2, -0.15) is 0 Å². The molecule has 0 rings (SSSR count). The maximum Gasteiger partial charge on any atom is 0.331 e. The van der Waals surface area contributed by atoms with Gasteiger partial charge in [-0.25, -0.2) is 4.79 Å². The molecule has 0 saturated carbocycles. The molecule has 0 aromatic heterocycles. The largest absolute Gasteiger partial charge is 0.478 e. The van der Waals surface area contributed by atoms with E-state index >= 15 is 0 Å². The molecule has 0 aliphatic rings. The van der Waals surface area contributed by atoms with E-state index in [1.165, 1.54) is 6.92 Å². The van der Waals surface area contributed by atoms with Crippen molar-refractivity contribution in [3.05, 3.63) is 11.6 Å². The maximum atomic E-state index is 10.8. The van der Waals surface area contributed by atoms with Crippen molar-refractivity contribution in [1.29, 1.82) is 0 Å². The molecule has 0 spiro atoms. The Hall–Kier alpha value is -1.45. The quantitative estimate of drug-likeness (QED) is 0.607. The molecular weight excluding hydrogens is 160 g/mol. The number of carboxylic acid groups (broad SMARTS) is 1. The molecule has 4 nitrogen and oxygen atoms in total. The molecule has 12 heavy (non-hydrogen) atoms. The van der Waals surface area contributed by atoms with Crippen molar-refractivity contribution >= 4 is 18.0 Å². The van der Waals surface area contributed by atoms with E-state index in [0.717, 1.165) is 6.08 Å². The fourth-order valence-electron chi connectivity index (χ4n) is 0.550. The van der Waals surface area contributed by atoms with Crippen molar-refractivity contribution < 1.29 is 19.5 Å². The van der Waals surface area contributed by atoms with E-state index < -0.39 is 5.97 Å². The monoisotopic (exact) mass is 169 g/mol. The minimum atomic E-state index is -1.13. The van der Waals surface area contributed by atoms with Crippen molar-refractivity contribution in [3.8, 4) is 0 Å². The smallest absolute Gasteiger partial charge is 0.331 e. The number of aliphatic carboxylic acids is 1. The summed E-state index contributed by atoms with van der Waals surface area (Å²) < 4.78 is 0. The Labute approximate surface area is 69.9 Å². The summed E-state index contributed by atoms with van der Waals surface area (Å²) in [5, 5.41) is 8.36. The van der Waals surface area contributed by atoms with Crippen LogP contribution in [0.1, 0.15) is 19.8 Å². The molecule has 0 saturated heterocycles. The van der Waals surface area contributed by atoms with Gasteiger partial charge in [0.05, 0.1) is 0 Å². The summed E-state index contributed by atoms with van der Waals surface area (Å²) in [7, 11) is 0. The minimum absolute atomic E-state index is 0.0161. The first-order chi connectivity index (χ1) is 5.57. The van der Waals surface area contributed by atoms with Crippen LogP contribution in [0.25, 0.3) is 0 Å². The highest BCUT2D eigenvalue weighted by Crippen LogP contribution is 1.96. The van der Waals surface area contributed by atoms with Crippen LogP contribution < -0.4 is 0 Å². The number of carbonyl (C=O) groups excluding carboxylic acids is 2. The van der Waals surface area contributed by atoms with Crippen LogP contribution in [0.4, 0.5) is 0 Å². The van der Waals surface area contributed by atoms with Gasteiger partial charge in [0, 0.05) is 18.4 Å². The standard InChI is InChI=1S/C8H9O4/c1-6(8(11)12)5-7(10)3-2-4-9/h5H,2-3H2,1H3,(H,11,12). The summed E-state index contributed by atoms with van der Waals surface area (Å²) in [5.74, 6) is -1.49. The van der Waals surface area contributed by atoms with E-state index in [4.69, 9.17) is 5.11 Å². The van der Waals surface area contributed by atoms with Crippen molar-refractivity contribution in [3.63, 3.8) is 0 Å². The summed E-state index contributed by atoms with van der Waals surface area (Å²) in [6.45, 7) is 1.32. The van der Waals surface area contributed by atoms with Crippen LogP contribution in [0, 0.1) is 0 Å². The van der Waals surface area contributed by atoms with Crippen molar-refractivity contribution in [1.82, 2.24) is 0 Å². The van der Waals surface area contributed by atoms with Crippen LogP contribution in [-0.4, -0.2) is 23.1 Å². The highest BCUT2D eigenvalue weighted by Gasteiger charge is 2.03. The molecule has 0 unspecified atom stereocenters. The van der Waals surface area contributed by atoms with E-state index in [-0.39, 0.29) is 24.2 Å². The molecule has 0 aliphatic carbocycles. The Morgan fingerprint density at radius 2 is 2.08 bits per heavy atom. The molecule has 1 radical (unpaired) electrons. The van der Waals surface area contributed by atoms with E-state index in [1.54, 1.807) is 6.29 Å².